The number of nitrogens with one attached hydrogen (secondary N) is 1. The molecule has 74 valence electrons. The summed E-state index contributed by atoms with van der Waals surface area (Å²) in [5, 5.41) is 18.9. The molecule has 5 heteroatoms. The van der Waals surface area contributed by atoms with E-state index < -0.39 is 11.7 Å². The van der Waals surface area contributed by atoms with Gasteiger partial charge in [-0.1, -0.05) is 0 Å². The summed E-state index contributed by atoms with van der Waals surface area (Å²) in [5.74, 6) is -1.28. The van der Waals surface area contributed by atoms with E-state index >= 15 is 0 Å². The zero-order chi connectivity index (χ0) is 11.3. The third-order valence-electron chi connectivity index (χ3n) is 1.61. The number of amides is 1. The van der Waals surface area contributed by atoms with Crippen LogP contribution in [-0.2, 0) is 4.79 Å². The predicted octanol–water partition coefficient (Wildman–Crippen LogP) is 1.55. The summed E-state index contributed by atoms with van der Waals surface area (Å²) in [6.07, 6.45) is -0.334. The van der Waals surface area contributed by atoms with Gasteiger partial charge in [0.1, 0.15) is 12.2 Å². The van der Waals surface area contributed by atoms with Crippen molar-refractivity contribution in [2.45, 2.75) is 6.42 Å². The highest BCUT2D eigenvalue weighted by Crippen LogP contribution is 2.15. The fraction of sp³-hybridized carbons (Fsp3) is 0.100. The van der Waals surface area contributed by atoms with Gasteiger partial charge in [0.2, 0.25) is 5.91 Å². The third-order valence-corrected chi connectivity index (χ3v) is 1.61. The molecule has 0 unspecified atom stereocenters. The van der Waals surface area contributed by atoms with E-state index in [2.05, 4.69) is 5.32 Å². The van der Waals surface area contributed by atoms with Crippen molar-refractivity contribution in [1.82, 2.24) is 0 Å². The summed E-state index contributed by atoms with van der Waals surface area (Å²) in [6, 6.07) is 7.09. The van der Waals surface area contributed by atoms with Crippen molar-refractivity contribution >= 4 is 11.6 Å². The molecule has 0 radical (unpaired) electrons. The number of rotatable bonds is 2. The van der Waals surface area contributed by atoms with Crippen molar-refractivity contribution in [3.63, 3.8) is 0 Å². The SMILES string of the molecule is N#CCC(=O)Nc1ccc(C#N)cc1F. The second-order valence-corrected chi connectivity index (χ2v) is 2.69. The predicted molar refractivity (Wildman–Crippen MR) is 50.0 cm³/mol. The van der Waals surface area contributed by atoms with Gasteiger partial charge in [-0.15, -0.1) is 0 Å². The third kappa shape index (κ3) is 2.78. The summed E-state index contributed by atoms with van der Waals surface area (Å²) < 4.78 is 13.2. The van der Waals surface area contributed by atoms with Crippen LogP contribution in [0.4, 0.5) is 10.1 Å². The molecule has 15 heavy (non-hydrogen) atoms. The molecule has 1 N–H and O–H groups in total. The summed E-state index contributed by atoms with van der Waals surface area (Å²) in [4.78, 5) is 11.0. The number of hydrogen-bond donors (Lipinski definition) is 1. The van der Waals surface area contributed by atoms with Crippen LogP contribution in [0.2, 0.25) is 0 Å². The smallest absolute Gasteiger partial charge is 0.238 e. The van der Waals surface area contributed by atoms with Crippen LogP contribution < -0.4 is 5.32 Å². The van der Waals surface area contributed by atoms with Gasteiger partial charge in [-0.3, -0.25) is 4.79 Å². The van der Waals surface area contributed by atoms with Crippen molar-refractivity contribution in [1.29, 1.82) is 10.5 Å². The Bertz CT molecular complexity index is 471. The van der Waals surface area contributed by atoms with E-state index in [-0.39, 0.29) is 17.7 Å². The Balaban J connectivity index is 2.85. The zero-order valence-corrected chi connectivity index (χ0v) is 7.62. The highest BCUT2D eigenvalue weighted by Gasteiger charge is 2.06. The Kier molecular flexibility index (Phi) is 3.37. The largest absolute Gasteiger partial charge is 0.323 e. The highest BCUT2D eigenvalue weighted by atomic mass is 19.1. The van der Waals surface area contributed by atoms with Crippen LogP contribution in [0.1, 0.15) is 12.0 Å². The Morgan fingerprint density at radius 3 is 2.73 bits per heavy atom. The van der Waals surface area contributed by atoms with E-state index in [4.69, 9.17) is 10.5 Å². The number of nitrogens with zero attached hydrogens (tertiary/aromatic N) is 2. The van der Waals surface area contributed by atoms with E-state index in [0.717, 1.165) is 6.07 Å². The molecular formula is C10H6FN3O. The van der Waals surface area contributed by atoms with Gasteiger partial charge < -0.3 is 5.32 Å². The number of hydrogen-bond acceptors (Lipinski definition) is 3. The minimum Gasteiger partial charge on any atom is -0.323 e. The van der Waals surface area contributed by atoms with E-state index in [9.17, 15) is 9.18 Å². The number of halogens is 1. The summed E-state index contributed by atoms with van der Waals surface area (Å²) in [7, 11) is 0. The first-order chi connectivity index (χ1) is 7.17. The first-order valence-electron chi connectivity index (χ1n) is 4.04. The normalized spacial score (nSPS) is 8.73. The molecule has 4 nitrogen and oxygen atoms in total. The fourth-order valence-corrected chi connectivity index (χ4v) is 0.952. The van der Waals surface area contributed by atoms with E-state index in [0.29, 0.717) is 0 Å². The molecule has 1 aromatic carbocycles. The number of anilines is 1. The maximum atomic E-state index is 13.2. The number of nitriles is 2. The lowest BCUT2D eigenvalue weighted by atomic mass is 10.2. The van der Waals surface area contributed by atoms with Crippen LogP contribution in [0.5, 0.6) is 0 Å². The minimum absolute atomic E-state index is 0.0331. The maximum Gasteiger partial charge on any atom is 0.238 e. The Morgan fingerprint density at radius 2 is 2.20 bits per heavy atom. The molecule has 0 heterocycles. The molecule has 0 saturated carbocycles. The van der Waals surface area contributed by atoms with Crippen molar-refractivity contribution < 1.29 is 9.18 Å². The number of benzene rings is 1. The molecule has 0 atom stereocenters. The number of carbonyl (C=O) groups is 1. The van der Waals surface area contributed by atoms with Gasteiger partial charge in [0.05, 0.1) is 23.4 Å². The molecule has 0 aliphatic heterocycles. The molecular weight excluding hydrogens is 197 g/mol. The first kappa shape index (κ1) is 10.7. The van der Waals surface area contributed by atoms with Crippen molar-refractivity contribution in [2.24, 2.45) is 0 Å². The van der Waals surface area contributed by atoms with Gasteiger partial charge in [0, 0.05) is 0 Å². The van der Waals surface area contributed by atoms with Gasteiger partial charge in [-0.25, -0.2) is 4.39 Å². The van der Waals surface area contributed by atoms with Crippen molar-refractivity contribution in [2.75, 3.05) is 5.32 Å². The second-order valence-electron chi connectivity index (χ2n) is 2.69. The first-order valence-corrected chi connectivity index (χ1v) is 4.04. The molecule has 0 aromatic heterocycles. The van der Waals surface area contributed by atoms with Crippen LogP contribution in [-0.4, -0.2) is 5.91 Å². The summed E-state index contributed by atoms with van der Waals surface area (Å²) in [6.45, 7) is 0. The summed E-state index contributed by atoms with van der Waals surface area (Å²) >= 11 is 0. The second kappa shape index (κ2) is 4.73. The molecule has 0 aliphatic carbocycles. The molecule has 0 fully saturated rings. The van der Waals surface area contributed by atoms with E-state index in [1.54, 1.807) is 12.1 Å². The molecule has 1 amide bonds. The lowest BCUT2D eigenvalue weighted by Gasteiger charge is -2.03. The molecule has 0 bridgehead atoms. The average molecular weight is 203 g/mol. The zero-order valence-electron chi connectivity index (χ0n) is 7.62. The standard InChI is InChI=1S/C10H6FN3O/c11-8-5-7(6-13)1-2-9(8)14-10(15)3-4-12/h1-2,5H,3H2,(H,14,15). The Hall–Kier alpha value is -2.40. The van der Waals surface area contributed by atoms with Gasteiger partial charge >= 0.3 is 0 Å². The molecule has 1 rings (SSSR count). The Morgan fingerprint density at radius 1 is 1.47 bits per heavy atom. The maximum absolute atomic E-state index is 13.2. The Labute approximate surface area is 85.6 Å². The molecule has 0 aliphatic rings. The average Bonchev–Trinajstić information content (AvgIpc) is 2.21. The van der Waals surface area contributed by atoms with Crippen LogP contribution in [0.25, 0.3) is 0 Å². The van der Waals surface area contributed by atoms with Gasteiger partial charge in [0.25, 0.3) is 0 Å². The van der Waals surface area contributed by atoms with Gasteiger partial charge in [0.15, 0.2) is 0 Å². The van der Waals surface area contributed by atoms with Gasteiger partial charge in [-0.05, 0) is 18.2 Å². The lowest BCUT2D eigenvalue weighted by Crippen LogP contribution is -2.11. The molecule has 0 saturated heterocycles. The fourth-order valence-electron chi connectivity index (χ4n) is 0.952. The van der Waals surface area contributed by atoms with Crippen LogP contribution in [0.15, 0.2) is 18.2 Å². The molecule has 0 spiro atoms. The van der Waals surface area contributed by atoms with Crippen molar-refractivity contribution in [3.8, 4) is 12.1 Å². The highest BCUT2D eigenvalue weighted by molar-refractivity contribution is 5.92. The van der Waals surface area contributed by atoms with Crippen LogP contribution in [0, 0.1) is 28.5 Å². The van der Waals surface area contributed by atoms with E-state index in [1.165, 1.54) is 12.1 Å². The quantitative estimate of drug-likeness (QED) is 0.792. The van der Waals surface area contributed by atoms with Gasteiger partial charge in [-0.2, -0.15) is 10.5 Å². The van der Waals surface area contributed by atoms with E-state index in [1.807, 2.05) is 0 Å². The van der Waals surface area contributed by atoms with Crippen molar-refractivity contribution in [3.05, 3.63) is 29.6 Å². The summed E-state index contributed by atoms with van der Waals surface area (Å²) in [5.41, 5.74) is 0.139. The van der Waals surface area contributed by atoms with Crippen LogP contribution >= 0.6 is 0 Å². The monoisotopic (exact) mass is 203 g/mol. The topological polar surface area (TPSA) is 76.7 Å². The number of carbonyl (C=O) groups excluding carboxylic acids is 1. The molecule has 1 aromatic rings. The minimum atomic E-state index is -0.694. The van der Waals surface area contributed by atoms with Crippen LogP contribution in [0.3, 0.4) is 0 Å². The lowest BCUT2D eigenvalue weighted by molar-refractivity contribution is -0.115.